The van der Waals surface area contributed by atoms with Crippen LogP contribution < -0.4 is 0 Å². The molecule has 2 saturated heterocycles. The van der Waals surface area contributed by atoms with Gasteiger partial charge < -0.3 is 0 Å². The van der Waals surface area contributed by atoms with Crippen molar-refractivity contribution in [2.45, 2.75) is 41.4 Å². The summed E-state index contributed by atoms with van der Waals surface area (Å²) in [5.41, 5.74) is 1.49. The Balaban J connectivity index is 0.000000104. The summed E-state index contributed by atoms with van der Waals surface area (Å²) in [4.78, 5) is 0. The third-order valence-corrected chi connectivity index (χ3v) is 5.87. The maximum absolute atomic E-state index is 2.20. The van der Waals surface area contributed by atoms with Crippen LogP contribution in [-0.4, -0.2) is 16.3 Å². The van der Waals surface area contributed by atoms with Gasteiger partial charge in [0, 0.05) is 21.5 Å². The summed E-state index contributed by atoms with van der Waals surface area (Å²) >= 11 is 4.22. The average Bonchev–Trinajstić information content (AvgIpc) is 3.23. The molecule has 3 unspecified atom stereocenters. The predicted octanol–water partition coefficient (Wildman–Crippen LogP) is 4.52. The molecule has 1 aromatic rings. The first kappa shape index (κ1) is 11.0. The van der Waals surface area contributed by atoms with Crippen molar-refractivity contribution in [3.8, 4) is 0 Å². The number of fused-ring (bicyclic) bond motifs is 1. The lowest BCUT2D eigenvalue weighted by molar-refractivity contribution is 0.571. The maximum atomic E-state index is 2.20. The van der Waals surface area contributed by atoms with Crippen molar-refractivity contribution in [2.24, 2.45) is 0 Å². The topological polar surface area (TPSA) is 0 Å². The Bertz CT molecular complexity index is 322. The third kappa shape index (κ3) is 2.98. The second-order valence-electron chi connectivity index (χ2n) is 4.73. The fourth-order valence-electron chi connectivity index (χ4n) is 2.29. The van der Waals surface area contributed by atoms with Crippen LogP contribution in [0, 0.1) is 0 Å². The monoisotopic (exact) mass is 250 g/mol. The first-order chi connectivity index (χ1) is 7.93. The van der Waals surface area contributed by atoms with Crippen LogP contribution in [0.5, 0.6) is 0 Å². The van der Waals surface area contributed by atoms with Gasteiger partial charge in [0.25, 0.3) is 0 Å². The van der Waals surface area contributed by atoms with E-state index in [0.29, 0.717) is 0 Å². The van der Waals surface area contributed by atoms with E-state index in [0.717, 1.165) is 15.7 Å². The van der Waals surface area contributed by atoms with E-state index >= 15 is 0 Å². The van der Waals surface area contributed by atoms with E-state index < -0.39 is 0 Å². The van der Waals surface area contributed by atoms with Gasteiger partial charge in [0.1, 0.15) is 0 Å². The number of hydrogen-bond donors (Lipinski definition) is 0. The fourth-order valence-corrected chi connectivity index (χ4v) is 4.16. The van der Waals surface area contributed by atoms with E-state index in [1.165, 1.54) is 37.0 Å². The zero-order valence-electron chi connectivity index (χ0n) is 9.47. The SMILES string of the molecule is C1CCC2SC2C1.c1ccc(C2CS2)cc1. The molecular weight excluding hydrogens is 232 g/mol. The van der Waals surface area contributed by atoms with Gasteiger partial charge in [-0.15, -0.1) is 0 Å². The van der Waals surface area contributed by atoms with Gasteiger partial charge in [0.15, 0.2) is 0 Å². The maximum Gasteiger partial charge on any atom is 0.0388 e. The highest BCUT2D eigenvalue weighted by atomic mass is 32.2. The summed E-state index contributed by atoms with van der Waals surface area (Å²) in [6, 6.07) is 10.7. The summed E-state index contributed by atoms with van der Waals surface area (Å²) in [5.74, 6) is 1.32. The molecule has 1 saturated carbocycles. The summed E-state index contributed by atoms with van der Waals surface area (Å²) in [6.45, 7) is 0. The largest absolute Gasteiger partial charge is 0.153 e. The van der Waals surface area contributed by atoms with Crippen molar-refractivity contribution in [3.63, 3.8) is 0 Å². The molecule has 3 aliphatic rings. The molecule has 2 heteroatoms. The molecule has 4 rings (SSSR count). The van der Waals surface area contributed by atoms with Gasteiger partial charge in [0.2, 0.25) is 0 Å². The zero-order chi connectivity index (χ0) is 10.8. The van der Waals surface area contributed by atoms with Crippen molar-refractivity contribution in [2.75, 3.05) is 5.75 Å². The molecule has 2 heterocycles. The van der Waals surface area contributed by atoms with Gasteiger partial charge in [0.05, 0.1) is 0 Å². The molecule has 1 aromatic carbocycles. The number of benzene rings is 1. The Morgan fingerprint density at radius 3 is 2.06 bits per heavy atom. The minimum Gasteiger partial charge on any atom is -0.153 e. The van der Waals surface area contributed by atoms with Crippen molar-refractivity contribution in [1.29, 1.82) is 0 Å². The molecule has 0 bridgehead atoms. The quantitative estimate of drug-likeness (QED) is 0.672. The van der Waals surface area contributed by atoms with Crippen molar-refractivity contribution >= 4 is 23.5 Å². The molecule has 2 aliphatic heterocycles. The number of thioether (sulfide) groups is 2. The van der Waals surface area contributed by atoms with Gasteiger partial charge in [-0.05, 0) is 18.4 Å². The first-order valence-electron chi connectivity index (χ1n) is 6.25. The third-order valence-electron chi connectivity index (χ3n) is 3.42. The van der Waals surface area contributed by atoms with Crippen LogP contribution in [0.2, 0.25) is 0 Å². The Labute approximate surface area is 107 Å². The second-order valence-corrected chi connectivity index (χ2v) is 7.45. The minimum atomic E-state index is 0.825. The molecule has 3 atom stereocenters. The number of hydrogen-bond acceptors (Lipinski definition) is 2. The first-order valence-corrected chi connectivity index (χ1v) is 8.24. The lowest BCUT2D eigenvalue weighted by Crippen LogP contribution is -2.00. The van der Waals surface area contributed by atoms with Crippen LogP contribution in [0.25, 0.3) is 0 Å². The highest BCUT2D eigenvalue weighted by molar-refractivity contribution is 8.07. The molecule has 16 heavy (non-hydrogen) atoms. The van der Waals surface area contributed by atoms with Crippen molar-refractivity contribution < 1.29 is 0 Å². The van der Waals surface area contributed by atoms with Crippen LogP contribution in [0.1, 0.15) is 36.5 Å². The van der Waals surface area contributed by atoms with E-state index in [1.807, 2.05) is 11.8 Å². The summed E-state index contributed by atoms with van der Waals surface area (Å²) < 4.78 is 0. The lowest BCUT2D eigenvalue weighted by atomic mass is 10.0. The van der Waals surface area contributed by atoms with Crippen molar-refractivity contribution in [1.82, 2.24) is 0 Å². The molecular formula is C14H18S2. The standard InChI is InChI=1S/C8H8S.C6H10S/c1-2-4-7(5-3-1)8-6-9-8;1-2-4-6-5(3-1)7-6/h1-5,8H,6H2;5-6H,1-4H2. The Kier molecular flexibility index (Phi) is 3.49. The minimum absolute atomic E-state index is 0.825. The Hall–Kier alpha value is -0.0800. The van der Waals surface area contributed by atoms with Crippen LogP contribution in [0.15, 0.2) is 30.3 Å². The second kappa shape index (κ2) is 5.05. The molecule has 0 nitrogen and oxygen atoms in total. The summed E-state index contributed by atoms with van der Waals surface area (Å²) in [5, 5.41) is 3.06. The van der Waals surface area contributed by atoms with E-state index in [1.54, 1.807) is 0 Å². The molecule has 86 valence electrons. The average molecular weight is 250 g/mol. The molecule has 3 fully saturated rings. The van der Waals surface area contributed by atoms with E-state index in [2.05, 4.69) is 42.1 Å². The van der Waals surface area contributed by atoms with Crippen LogP contribution in [0.3, 0.4) is 0 Å². The zero-order valence-corrected chi connectivity index (χ0v) is 11.1. The highest BCUT2D eigenvalue weighted by Crippen LogP contribution is 2.50. The Morgan fingerprint density at radius 2 is 1.56 bits per heavy atom. The molecule has 0 amide bonds. The van der Waals surface area contributed by atoms with Crippen LogP contribution in [-0.2, 0) is 0 Å². The summed E-state index contributed by atoms with van der Waals surface area (Å²) in [7, 11) is 0. The smallest absolute Gasteiger partial charge is 0.0388 e. The molecule has 0 spiro atoms. The molecule has 1 aliphatic carbocycles. The van der Waals surface area contributed by atoms with Crippen LogP contribution >= 0.6 is 23.5 Å². The van der Waals surface area contributed by atoms with E-state index in [-0.39, 0.29) is 0 Å². The van der Waals surface area contributed by atoms with Gasteiger partial charge in [-0.25, -0.2) is 0 Å². The molecule has 0 aromatic heterocycles. The van der Waals surface area contributed by atoms with Gasteiger partial charge >= 0.3 is 0 Å². The van der Waals surface area contributed by atoms with E-state index in [9.17, 15) is 0 Å². The van der Waals surface area contributed by atoms with Gasteiger partial charge in [-0.2, -0.15) is 23.5 Å². The summed E-state index contributed by atoms with van der Waals surface area (Å²) in [6.07, 6.45) is 6.06. The van der Waals surface area contributed by atoms with Crippen LogP contribution in [0.4, 0.5) is 0 Å². The predicted molar refractivity (Wildman–Crippen MR) is 75.3 cm³/mol. The van der Waals surface area contributed by atoms with E-state index in [4.69, 9.17) is 0 Å². The van der Waals surface area contributed by atoms with Gasteiger partial charge in [-0.1, -0.05) is 43.2 Å². The van der Waals surface area contributed by atoms with Gasteiger partial charge in [-0.3, -0.25) is 0 Å². The molecule has 0 radical (unpaired) electrons. The lowest BCUT2D eigenvalue weighted by Gasteiger charge is -2.02. The normalized spacial score (nSPS) is 34.4. The Morgan fingerprint density at radius 1 is 0.938 bits per heavy atom. The van der Waals surface area contributed by atoms with Crippen molar-refractivity contribution in [3.05, 3.63) is 35.9 Å². The number of rotatable bonds is 1. The highest BCUT2D eigenvalue weighted by Gasteiger charge is 2.39. The molecule has 0 N–H and O–H groups in total. The fraction of sp³-hybridized carbons (Fsp3) is 0.571.